The van der Waals surface area contributed by atoms with Crippen LogP contribution < -0.4 is 0 Å². The van der Waals surface area contributed by atoms with Crippen LogP contribution in [0.1, 0.15) is 52.4 Å². The van der Waals surface area contributed by atoms with Gasteiger partial charge in [-0.3, -0.25) is 0 Å². The summed E-state index contributed by atoms with van der Waals surface area (Å²) < 4.78 is 11.3. The van der Waals surface area contributed by atoms with Crippen molar-refractivity contribution in [2.75, 3.05) is 11.5 Å². The van der Waals surface area contributed by atoms with E-state index in [2.05, 4.69) is 44.1 Å². The zero-order valence-electron chi connectivity index (χ0n) is 16.2. The smallest absolute Gasteiger partial charge is 0.107 e. The molecule has 0 fully saturated rings. The molecule has 0 aliphatic rings. The van der Waals surface area contributed by atoms with Crippen molar-refractivity contribution >= 4 is 23.5 Å². The standard InChI is InChI=1S/C21H33NO2S2/c1-5-9-11-18(23-7-3)16-25-20-13-14-22-21(15-20)26-17-19(24-8-4)12-10-6-2/h7-8,13-15,18-19H,3-6,9-12,16-17H2,1-2H3. The molecule has 0 aromatic carbocycles. The largest absolute Gasteiger partial charge is 0.498 e. The van der Waals surface area contributed by atoms with Gasteiger partial charge in [0.15, 0.2) is 0 Å². The summed E-state index contributed by atoms with van der Waals surface area (Å²) in [6.45, 7) is 11.8. The number of pyridine rings is 1. The van der Waals surface area contributed by atoms with Gasteiger partial charge >= 0.3 is 0 Å². The second-order valence-electron chi connectivity index (χ2n) is 6.09. The molecule has 0 N–H and O–H groups in total. The molecule has 0 saturated carbocycles. The maximum Gasteiger partial charge on any atom is 0.107 e. The van der Waals surface area contributed by atoms with Crippen LogP contribution in [0, 0.1) is 0 Å². The van der Waals surface area contributed by atoms with Gasteiger partial charge in [0.05, 0.1) is 17.6 Å². The summed E-state index contributed by atoms with van der Waals surface area (Å²) in [6.07, 6.45) is 12.3. The lowest BCUT2D eigenvalue weighted by Crippen LogP contribution is -2.13. The average Bonchev–Trinajstić information content (AvgIpc) is 2.66. The second kappa shape index (κ2) is 15.0. The maximum atomic E-state index is 5.64. The van der Waals surface area contributed by atoms with Crippen LogP contribution in [0.25, 0.3) is 0 Å². The Kier molecular flexibility index (Phi) is 13.3. The molecule has 1 rings (SSSR count). The SMILES string of the molecule is C=COC(CCCC)CSc1ccnc(SCC(CCCC)OC=C)c1. The molecule has 1 aromatic heterocycles. The first kappa shape index (κ1) is 23.0. The molecule has 146 valence electrons. The normalized spacial score (nSPS) is 13.0. The minimum absolute atomic E-state index is 0.204. The summed E-state index contributed by atoms with van der Waals surface area (Å²) >= 11 is 3.56. The van der Waals surface area contributed by atoms with Gasteiger partial charge in [0.1, 0.15) is 12.2 Å². The van der Waals surface area contributed by atoms with Crippen molar-refractivity contribution in [1.82, 2.24) is 4.98 Å². The van der Waals surface area contributed by atoms with E-state index in [-0.39, 0.29) is 12.2 Å². The van der Waals surface area contributed by atoms with Crippen LogP contribution in [-0.2, 0) is 9.47 Å². The minimum atomic E-state index is 0.204. The van der Waals surface area contributed by atoms with Crippen LogP contribution in [0.3, 0.4) is 0 Å². The van der Waals surface area contributed by atoms with Crippen molar-refractivity contribution in [3.63, 3.8) is 0 Å². The van der Waals surface area contributed by atoms with Gasteiger partial charge in [-0.25, -0.2) is 4.98 Å². The quantitative estimate of drug-likeness (QED) is 0.229. The number of unbranched alkanes of at least 4 members (excludes halogenated alkanes) is 2. The highest BCUT2D eigenvalue weighted by Crippen LogP contribution is 2.26. The number of aromatic nitrogens is 1. The van der Waals surface area contributed by atoms with E-state index in [0.717, 1.165) is 29.4 Å². The third-order valence-electron chi connectivity index (χ3n) is 3.90. The van der Waals surface area contributed by atoms with E-state index in [1.54, 1.807) is 24.3 Å². The summed E-state index contributed by atoms with van der Waals surface area (Å²) in [5.74, 6) is 1.82. The summed E-state index contributed by atoms with van der Waals surface area (Å²) in [6, 6.07) is 4.22. The Morgan fingerprint density at radius 3 is 2.12 bits per heavy atom. The van der Waals surface area contributed by atoms with E-state index in [1.807, 2.05) is 18.0 Å². The lowest BCUT2D eigenvalue weighted by atomic mass is 10.2. The fourth-order valence-electron chi connectivity index (χ4n) is 2.44. The molecule has 0 spiro atoms. The molecule has 2 unspecified atom stereocenters. The van der Waals surface area contributed by atoms with Gasteiger partial charge in [0.25, 0.3) is 0 Å². The number of hydrogen-bond donors (Lipinski definition) is 0. The minimum Gasteiger partial charge on any atom is -0.498 e. The van der Waals surface area contributed by atoms with Crippen molar-refractivity contribution in [2.45, 2.75) is 74.5 Å². The van der Waals surface area contributed by atoms with Crippen molar-refractivity contribution in [3.05, 3.63) is 44.0 Å². The van der Waals surface area contributed by atoms with Crippen LogP contribution in [-0.4, -0.2) is 28.7 Å². The number of ether oxygens (including phenoxy) is 2. The van der Waals surface area contributed by atoms with E-state index in [9.17, 15) is 0 Å². The molecule has 0 aliphatic carbocycles. The zero-order valence-corrected chi connectivity index (χ0v) is 17.8. The molecular formula is C21H33NO2S2. The van der Waals surface area contributed by atoms with Crippen LogP contribution in [0.4, 0.5) is 0 Å². The summed E-state index contributed by atoms with van der Waals surface area (Å²) in [5.41, 5.74) is 0. The molecule has 0 amide bonds. The lowest BCUT2D eigenvalue weighted by Gasteiger charge is -2.16. The molecule has 26 heavy (non-hydrogen) atoms. The van der Waals surface area contributed by atoms with E-state index >= 15 is 0 Å². The van der Waals surface area contributed by atoms with Gasteiger partial charge in [-0.15, -0.1) is 23.5 Å². The Balaban J connectivity index is 2.52. The highest BCUT2D eigenvalue weighted by atomic mass is 32.2. The Hall–Kier alpha value is -1.07. The van der Waals surface area contributed by atoms with Crippen LogP contribution in [0.5, 0.6) is 0 Å². The van der Waals surface area contributed by atoms with Gasteiger partial charge in [-0.1, -0.05) is 52.7 Å². The van der Waals surface area contributed by atoms with Crippen molar-refractivity contribution < 1.29 is 9.47 Å². The predicted molar refractivity (Wildman–Crippen MR) is 115 cm³/mol. The summed E-state index contributed by atoms with van der Waals surface area (Å²) in [5, 5.41) is 1.04. The van der Waals surface area contributed by atoms with Gasteiger partial charge in [0, 0.05) is 22.6 Å². The molecular weight excluding hydrogens is 362 g/mol. The Morgan fingerprint density at radius 2 is 1.58 bits per heavy atom. The summed E-state index contributed by atoms with van der Waals surface area (Å²) in [7, 11) is 0. The molecule has 0 radical (unpaired) electrons. The van der Waals surface area contributed by atoms with Crippen LogP contribution in [0.15, 0.2) is 53.9 Å². The first-order valence-corrected chi connectivity index (χ1v) is 11.4. The topological polar surface area (TPSA) is 31.4 Å². The number of hydrogen-bond acceptors (Lipinski definition) is 5. The Labute approximate surface area is 168 Å². The first-order chi connectivity index (χ1) is 12.7. The molecule has 0 bridgehead atoms. The Bertz CT molecular complexity index is 469. The second-order valence-corrected chi connectivity index (χ2v) is 8.22. The van der Waals surface area contributed by atoms with Gasteiger partial charge < -0.3 is 9.47 Å². The fourth-order valence-corrected chi connectivity index (χ4v) is 4.44. The number of thioether (sulfide) groups is 2. The van der Waals surface area contributed by atoms with Gasteiger partial charge in [0.2, 0.25) is 0 Å². The summed E-state index contributed by atoms with van der Waals surface area (Å²) in [4.78, 5) is 5.71. The van der Waals surface area contributed by atoms with E-state index in [4.69, 9.17) is 9.47 Å². The van der Waals surface area contributed by atoms with E-state index in [1.165, 1.54) is 30.6 Å². The van der Waals surface area contributed by atoms with Crippen LogP contribution >= 0.6 is 23.5 Å². The van der Waals surface area contributed by atoms with Crippen molar-refractivity contribution in [1.29, 1.82) is 0 Å². The number of nitrogens with zero attached hydrogens (tertiary/aromatic N) is 1. The monoisotopic (exact) mass is 395 g/mol. The third kappa shape index (κ3) is 10.2. The molecule has 3 nitrogen and oxygen atoms in total. The molecule has 0 saturated heterocycles. The van der Waals surface area contributed by atoms with E-state index < -0.39 is 0 Å². The maximum absolute atomic E-state index is 5.64. The van der Waals surface area contributed by atoms with Gasteiger partial charge in [-0.05, 0) is 25.0 Å². The van der Waals surface area contributed by atoms with E-state index in [0.29, 0.717) is 0 Å². The van der Waals surface area contributed by atoms with Gasteiger partial charge in [-0.2, -0.15) is 0 Å². The highest BCUT2D eigenvalue weighted by Gasteiger charge is 2.11. The molecule has 0 aliphatic heterocycles. The lowest BCUT2D eigenvalue weighted by molar-refractivity contribution is 0.155. The first-order valence-electron chi connectivity index (χ1n) is 9.47. The molecule has 1 aromatic rings. The number of rotatable bonds is 16. The molecule has 2 atom stereocenters. The van der Waals surface area contributed by atoms with Crippen molar-refractivity contribution in [3.8, 4) is 0 Å². The molecule has 1 heterocycles. The average molecular weight is 396 g/mol. The highest BCUT2D eigenvalue weighted by molar-refractivity contribution is 8.00. The zero-order chi connectivity index (χ0) is 19.0. The third-order valence-corrected chi connectivity index (χ3v) is 6.08. The molecule has 5 heteroatoms. The van der Waals surface area contributed by atoms with Crippen molar-refractivity contribution in [2.24, 2.45) is 0 Å². The van der Waals surface area contributed by atoms with Crippen LogP contribution in [0.2, 0.25) is 0 Å². The Morgan fingerprint density at radius 1 is 1.00 bits per heavy atom. The fraction of sp³-hybridized carbons (Fsp3) is 0.571. The predicted octanol–water partition coefficient (Wildman–Crippen LogP) is 6.70.